The molecule has 0 aliphatic carbocycles. The highest BCUT2D eigenvalue weighted by Crippen LogP contribution is 2.37. The molecular formula is C25H26N8O2. The number of fused-ring (bicyclic) bond motifs is 4. The van der Waals surface area contributed by atoms with E-state index in [9.17, 15) is 9.59 Å². The van der Waals surface area contributed by atoms with Gasteiger partial charge in [-0.15, -0.1) is 0 Å². The first-order chi connectivity index (χ1) is 17.0. The van der Waals surface area contributed by atoms with E-state index in [0.717, 1.165) is 57.4 Å². The largest absolute Gasteiger partial charge is 0.369 e. The highest BCUT2D eigenvalue weighted by molar-refractivity contribution is 6.04. The number of rotatable bonds is 4. The van der Waals surface area contributed by atoms with E-state index in [1.54, 1.807) is 11.1 Å². The van der Waals surface area contributed by atoms with Gasteiger partial charge in [0.1, 0.15) is 11.2 Å². The standard InChI is InChI=1S/C25H26N8O2/c1-31-13-17-12-28-20-3-2-19(16-10-15-4-7-27-24(15)29-11-16)30-22(20)23(17)33(25(31)35)18-5-8-32(9-6-18)14-21(26)34/h2-4,7,10-12,18H,5-6,8-9,13-14H2,1H3,(H2,26,34)(H,27,29). The highest BCUT2D eigenvalue weighted by Gasteiger charge is 2.37. The molecule has 10 nitrogen and oxygen atoms in total. The Morgan fingerprint density at radius 2 is 2.00 bits per heavy atom. The molecule has 3 N–H and O–H groups in total. The predicted molar refractivity (Wildman–Crippen MR) is 133 cm³/mol. The van der Waals surface area contributed by atoms with Crippen LogP contribution in [-0.2, 0) is 11.3 Å². The molecule has 6 heterocycles. The first-order valence-corrected chi connectivity index (χ1v) is 11.7. The van der Waals surface area contributed by atoms with Gasteiger partial charge in [0.05, 0.1) is 30.0 Å². The third kappa shape index (κ3) is 3.75. The monoisotopic (exact) mass is 470 g/mol. The number of anilines is 1. The molecule has 3 amide bonds. The Morgan fingerprint density at radius 1 is 1.17 bits per heavy atom. The molecule has 0 spiro atoms. The summed E-state index contributed by atoms with van der Waals surface area (Å²) in [6.45, 7) is 2.15. The molecule has 6 rings (SSSR count). The number of aromatic nitrogens is 4. The van der Waals surface area contributed by atoms with Crippen LogP contribution in [-0.4, -0.2) is 74.4 Å². The number of carbonyl (C=O) groups excluding carboxylic acids is 2. The Hall–Kier alpha value is -4.05. The van der Waals surface area contributed by atoms with Gasteiger partial charge in [-0.25, -0.2) is 14.8 Å². The van der Waals surface area contributed by atoms with Crippen LogP contribution in [0.3, 0.4) is 0 Å². The van der Waals surface area contributed by atoms with Crippen LogP contribution in [0.2, 0.25) is 0 Å². The van der Waals surface area contributed by atoms with E-state index in [1.807, 2.05) is 47.4 Å². The van der Waals surface area contributed by atoms with Gasteiger partial charge in [0, 0.05) is 61.3 Å². The van der Waals surface area contributed by atoms with Gasteiger partial charge in [-0.3, -0.25) is 19.6 Å². The molecule has 0 bridgehead atoms. The number of likely N-dealkylation sites (tertiary alicyclic amines) is 1. The minimum atomic E-state index is -0.330. The second kappa shape index (κ2) is 8.31. The van der Waals surface area contributed by atoms with Crippen LogP contribution in [0.4, 0.5) is 10.5 Å². The number of aromatic amines is 1. The van der Waals surface area contributed by atoms with Gasteiger partial charge in [-0.05, 0) is 37.1 Å². The van der Waals surface area contributed by atoms with Crippen LogP contribution in [0.15, 0.2) is 42.9 Å². The summed E-state index contributed by atoms with van der Waals surface area (Å²) in [6.07, 6.45) is 7.03. The molecule has 1 saturated heterocycles. The summed E-state index contributed by atoms with van der Waals surface area (Å²) in [6, 6.07) is 7.90. The number of amides is 3. The lowest BCUT2D eigenvalue weighted by molar-refractivity contribution is -0.119. The number of nitrogens with zero attached hydrogens (tertiary/aromatic N) is 6. The molecule has 178 valence electrons. The van der Waals surface area contributed by atoms with Crippen molar-refractivity contribution in [3.05, 3.63) is 48.4 Å². The average Bonchev–Trinajstić information content (AvgIpc) is 3.33. The highest BCUT2D eigenvalue weighted by atomic mass is 16.2. The molecule has 2 aliphatic rings. The van der Waals surface area contributed by atoms with E-state index in [0.29, 0.717) is 19.6 Å². The zero-order chi connectivity index (χ0) is 24.1. The third-order valence-electron chi connectivity index (χ3n) is 6.94. The zero-order valence-electron chi connectivity index (χ0n) is 19.4. The maximum atomic E-state index is 13.5. The molecule has 35 heavy (non-hydrogen) atoms. The van der Waals surface area contributed by atoms with Crippen LogP contribution in [0.5, 0.6) is 0 Å². The van der Waals surface area contributed by atoms with Crippen molar-refractivity contribution in [2.24, 2.45) is 5.73 Å². The van der Waals surface area contributed by atoms with E-state index in [1.165, 1.54) is 0 Å². The van der Waals surface area contributed by atoms with Crippen LogP contribution in [0.25, 0.3) is 33.3 Å². The van der Waals surface area contributed by atoms with E-state index >= 15 is 0 Å². The molecule has 1 fully saturated rings. The molecule has 0 saturated carbocycles. The van der Waals surface area contributed by atoms with Crippen molar-refractivity contribution in [2.45, 2.75) is 25.4 Å². The van der Waals surface area contributed by atoms with Crippen LogP contribution >= 0.6 is 0 Å². The second-order valence-corrected chi connectivity index (χ2v) is 9.32. The summed E-state index contributed by atoms with van der Waals surface area (Å²) >= 11 is 0. The number of nitrogens with two attached hydrogens (primary N) is 1. The van der Waals surface area contributed by atoms with E-state index in [2.05, 4.69) is 21.0 Å². The summed E-state index contributed by atoms with van der Waals surface area (Å²) in [5.74, 6) is -0.330. The van der Waals surface area contributed by atoms with Crippen LogP contribution < -0.4 is 10.6 Å². The molecule has 0 aromatic carbocycles. The molecular weight excluding hydrogens is 444 g/mol. The number of nitrogens with one attached hydrogen (secondary N) is 1. The van der Waals surface area contributed by atoms with Gasteiger partial charge in [0.2, 0.25) is 5.91 Å². The molecule has 0 atom stereocenters. The topological polar surface area (TPSA) is 124 Å². The number of piperidine rings is 1. The summed E-state index contributed by atoms with van der Waals surface area (Å²) in [4.78, 5) is 47.8. The lowest BCUT2D eigenvalue weighted by Gasteiger charge is -2.43. The molecule has 2 aliphatic heterocycles. The molecule has 0 unspecified atom stereocenters. The van der Waals surface area contributed by atoms with E-state index in [-0.39, 0.29) is 24.5 Å². The first-order valence-electron chi connectivity index (χ1n) is 11.7. The van der Waals surface area contributed by atoms with Crippen molar-refractivity contribution in [1.82, 2.24) is 29.7 Å². The first kappa shape index (κ1) is 21.5. The Bertz CT molecular complexity index is 1460. The van der Waals surface area contributed by atoms with E-state index in [4.69, 9.17) is 10.7 Å². The van der Waals surface area contributed by atoms with Gasteiger partial charge in [0.25, 0.3) is 0 Å². The predicted octanol–water partition coefficient (Wildman–Crippen LogP) is 2.49. The fourth-order valence-corrected chi connectivity index (χ4v) is 5.21. The maximum Gasteiger partial charge on any atom is 0.324 e. The van der Waals surface area contributed by atoms with Gasteiger partial charge in [-0.2, -0.15) is 0 Å². The number of urea groups is 1. The third-order valence-corrected chi connectivity index (χ3v) is 6.94. The van der Waals surface area contributed by atoms with Gasteiger partial charge in [0.15, 0.2) is 0 Å². The number of pyridine rings is 3. The Labute approximate surface area is 201 Å². The molecule has 4 aromatic heterocycles. The fraction of sp³-hybridized carbons (Fsp3) is 0.320. The van der Waals surface area contributed by atoms with Gasteiger partial charge < -0.3 is 15.6 Å². The summed E-state index contributed by atoms with van der Waals surface area (Å²) < 4.78 is 0. The van der Waals surface area contributed by atoms with Crippen LogP contribution in [0.1, 0.15) is 18.4 Å². The van der Waals surface area contributed by atoms with Crippen LogP contribution in [0, 0.1) is 0 Å². The number of H-pyrrole nitrogens is 1. The number of carbonyl (C=O) groups is 2. The summed E-state index contributed by atoms with van der Waals surface area (Å²) in [7, 11) is 1.81. The average molecular weight is 471 g/mol. The van der Waals surface area contributed by atoms with Crippen molar-refractivity contribution in [2.75, 3.05) is 31.6 Å². The minimum absolute atomic E-state index is 0.00190. The molecule has 0 radical (unpaired) electrons. The number of hydrogen-bond acceptors (Lipinski definition) is 6. The number of primary amides is 1. The lowest BCUT2D eigenvalue weighted by Crippen LogP contribution is -2.54. The summed E-state index contributed by atoms with van der Waals surface area (Å²) in [5.41, 5.74) is 11.2. The van der Waals surface area contributed by atoms with E-state index < -0.39 is 0 Å². The SMILES string of the molecule is CN1Cc2cnc3ccc(-c4cnc5[nH]ccc5c4)nc3c2N(C2CCN(CC(N)=O)CC2)C1=O. The summed E-state index contributed by atoms with van der Waals surface area (Å²) in [5, 5.41) is 1.01. The van der Waals surface area contributed by atoms with Gasteiger partial charge in [-0.1, -0.05) is 0 Å². The van der Waals surface area contributed by atoms with Crippen molar-refractivity contribution in [1.29, 1.82) is 0 Å². The fourth-order valence-electron chi connectivity index (χ4n) is 5.21. The molecule has 4 aromatic rings. The maximum absolute atomic E-state index is 13.5. The Balaban J connectivity index is 1.43. The van der Waals surface area contributed by atoms with Crippen molar-refractivity contribution >= 4 is 39.7 Å². The normalized spacial score (nSPS) is 17.3. The molecule has 10 heteroatoms. The minimum Gasteiger partial charge on any atom is -0.369 e. The Kier molecular flexibility index (Phi) is 5.10. The second-order valence-electron chi connectivity index (χ2n) is 9.32. The van der Waals surface area contributed by atoms with Crippen molar-refractivity contribution in [3.8, 4) is 11.3 Å². The number of hydrogen-bond donors (Lipinski definition) is 2. The lowest BCUT2D eigenvalue weighted by atomic mass is 9.99. The quantitative estimate of drug-likeness (QED) is 0.472. The van der Waals surface area contributed by atoms with Gasteiger partial charge >= 0.3 is 6.03 Å². The zero-order valence-corrected chi connectivity index (χ0v) is 19.4. The Morgan fingerprint density at radius 3 is 2.80 bits per heavy atom. The van der Waals surface area contributed by atoms with Crippen molar-refractivity contribution in [3.63, 3.8) is 0 Å². The van der Waals surface area contributed by atoms with Crippen molar-refractivity contribution < 1.29 is 9.59 Å². The smallest absolute Gasteiger partial charge is 0.324 e.